The van der Waals surface area contributed by atoms with Crippen LogP contribution < -0.4 is 10.5 Å². The maximum absolute atomic E-state index is 13.4. The number of nitrogen functional groups attached to an aromatic ring is 1. The molecule has 0 aromatic heterocycles. The van der Waals surface area contributed by atoms with E-state index in [1.165, 1.54) is 0 Å². The zero-order valence-electron chi connectivity index (χ0n) is 9.16. The van der Waals surface area contributed by atoms with Gasteiger partial charge in [0.1, 0.15) is 0 Å². The van der Waals surface area contributed by atoms with Gasteiger partial charge in [-0.1, -0.05) is 6.92 Å². The van der Waals surface area contributed by atoms with Gasteiger partial charge in [0, 0.05) is 11.8 Å². The summed E-state index contributed by atoms with van der Waals surface area (Å²) in [4.78, 5) is 10.8. The molecule has 0 saturated heterocycles. The molecule has 0 aliphatic rings. The lowest BCUT2D eigenvalue weighted by Gasteiger charge is -2.14. The number of hydrogen-bond acceptors (Lipinski definition) is 3. The van der Waals surface area contributed by atoms with Gasteiger partial charge in [0.05, 0.1) is 11.7 Å². The van der Waals surface area contributed by atoms with E-state index in [1.807, 2.05) is 6.92 Å². The number of anilines is 1. The molecule has 0 radical (unpaired) electrons. The van der Waals surface area contributed by atoms with Crippen LogP contribution in [0.4, 0.5) is 10.1 Å². The Morgan fingerprint density at radius 2 is 2.25 bits per heavy atom. The molecule has 1 unspecified atom stereocenters. The predicted molar refractivity (Wildman–Crippen MR) is 58.2 cm³/mol. The van der Waals surface area contributed by atoms with Crippen LogP contribution in [-0.2, 0) is 0 Å². The minimum absolute atomic E-state index is 0.0825. The second kappa shape index (κ2) is 4.83. The first-order chi connectivity index (χ1) is 7.45. The fraction of sp³-hybridized carbons (Fsp3) is 0.364. The molecule has 0 fully saturated rings. The lowest BCUT2D eigenvalue weighted by molar-refractivity contribution is 0.0697. The molecule has 0 aliphatic carbocycles. The van der Waals surface area contributed by atoms with Crippen LogP contribution in [0.2, 0.25) is 0 Å². The summed E-state index contributed by atoms with van der Waals surface area (Å²) in [6, 6.07) is 2.07. The van der Waals surface area contributed by atoms with Gasteiger partial charge in [-0.05, 0) is 19.4 Å². The Bertz CT molecular complexity index is 406. The smallest absolute Gasteiger partial charge is 0.337 e. The first-order valence-corrected chi connectivity index (χ1v) is 4.94. The summed E-state index contributed by atoms with van der Waals surface area (Å²) >= 11 is 0. The number of benzene rings is 1. The highest BCUT2D eigenvalue weighted by Gasteiger charge is 2.15. The van der Waals surface area contributed by atoms with Crippen molar-refractivity contribution >= 4 is 11.7 Å². The van der Waals surface area contributed by atoms with Gasteiger partial charge in [-0.15, -0.1) is 0 Å². The number of ether oxygens (including phenoxy) is 1. The summed E-state index contributed by atoms with van der Waals surface area (Å²) in [6.07, 6.45) is 0.520. The lowest BCUT2D eigenvalue weighted by Crippen LogP contribution is -2.12. The van der Waals surface area contributed by atoms with Crippen molar-refractivity contribution in [3.63, 3.8) is 0 Å². The third-order valence-electron chi connectivity index (χ3n) is 2.24. The monoisotopic (exact) mass is 227 g/mol. The van der Waals surface area contributed by atoms with E-state index in [-0.39, 0.29) is 23.1 Å². The first kappa shape index (κ1) is 12.3. The minimum Gasteiger partial charge on any atom is -0.488 e. The van der Waals surface area contributed by atoms with Gasteiger partial charge < -0.3 is 15.6 Å². The number of carboxylic acids is 1. The number of hydrogen-bond donors (Lipinski definition) is 2. The number of aromatic carboxylic acids is 1. The van der Waals surface area contributed by atoms with E-state index in [9.17, 15) is 9.18 Å². The van der Waals surface area contributed by atoms with Crippen LogP contribution in [0.1, 0.15) is 30.6 Å². The summed E-state index contributed by atoms with van der Waals surface area (Å²) in [6.45, 7) is 3.66. The fourth-order valence-corrected chi connectivity index (χ4v) is 1.14. The molecule has 16 heavy (non-hydrogen) atoms. The second-order valence-electron chi connectivity index (χ2n) is 3.51. The Balaban J connectivity index is 3.09. The molecule has 88 valence electrons. The molecule has 0 bridgehead atoms. The van der Waals surface area contributed by atoms with E-state index in [0.717, 1.165) is 12.1 Å². The molecule has 1 aromatic carbocycles. The Morgan fingerprint density at radius 3 is 2.75 bits per heavy atom. The van der Waals surface area contributed by atoms with Crippen molar-refractivity contribution in [2.24, 2.45) is 0 Å². The lowest BCUT2D eigenvalue weighted by atomic mass is 10.1. The van der Waals surface area contributed by atoms with E-state index in [0.29, 0.717) is 6.42 Å². The van der Waals surface area contributed by atoms with Crippen LogP contribution in [0, 0.1) is 5.82 Å². The molecule has 4 nitrogen and oxygen atoms in total. The topological polar surface area (TPSA) is 72.5 Å². The van der Waals surface area contributed by atoms with Crippen molar-refractivity contribution in [2.45, 2.75) is 26.4 Å². The molecule has 1 aromatic rings. The first-order valence-electron chi connectivity index (χ1n) is 4.94. The molecule has 1 rings (SSSR count). The van der Waals surface area contributed by atoms with Gasteiger partial charge in [-0.2, -0.15) is 0 Å². The van der Waals surface area contributed by atoms with Crippen LogP contribution in [0.3, 0.4) is 0 Å². The Hall–Kier alpha value is -1.78. The summed E-state index contributed by atoms with van der Waals surface area (Å²) < 4.78 is 18.6. The van der Waals surface area contributed by atoms with Crippen molar-refractivity contribution in [1.29, 1.82) is 0 Å². The van der Waals surface area contributed by atoms with E-state index < -0.39 is 11.8 Å². The molecule has 0 heterocycles. The van der Waals surface area contributed by atoms with Gasteiger partial charge in [0.25, 0.3) is 0 Å². The Morgan fingerprint density at radius 1 is 1.62 bits per heavy atom. The summed E-state index contributed by atoms with van der Waals surface area (Å²) in [5.41, 5.74) is 5.12. The predicted octanol–water partition coefficient (Wildman–Crippen LogP) is 2.28. The van der Waals surface area contributed by atoms with E-state index in [4.69, 9.17) is 15.6 Å². The summed E-state index contributed by atoms with van der Waals surface area (Å²) in [5, 5.41) is 8.81. The second-order valence-corrected chi connectivity index (χ2v) is 3.51. The Kier molecular flexibility index (Phi) is 3.71. The molecule has 1 atom stereocenters. The van der Waals surface area contributed by atoms with Gasteiger partial charge in [-0.25, -0.2) is 9.18 Å². The third-order valence-corrected chi connectivity index (χ3v) is 2.24. The zero-order chi connectivity index (χ0) is 12.3. The Labute approximate surface area is 92.8 Å². The van der Waals surface area contributed by atoms with Crippen molar-refractivity contribution in [3.05, 3.63) is 23.5 Å². The number of halogens is 1. The highest BCUT2D eigenvalue weighted by atomic mass is 19.1. The number of carboxylic acid groups (broad SMARTS) is 1. The molecule has 0 amide bonds. The van der Waals surface area contributed by atoms with Gasteiger partial charge >= 0.3 is 5.97 Å². The number of carbonyl (C=O) groups is 1. The fourth-order valence-electron chi connectivity index (χ4n) is 1.14. The number of nitrogens with two attached hydrogens (primary N) is 1. The maximum Gasteiger partial charge on any atom is 0.337 e. The normalized spacial score (nSPS) is 12.2. The van der Waals surface area contributed by atoms with Crippen LogP contribution in [0.15, 0.2) is 12.1 Å². The quantitative estimate of drug-likeness (QED) is 0.774. The SMILES string of the molecule is CCC(C)Oc1cc(C(=O)O)c(N)cc1F. The maximum atomic E-state index is 13.4. The molecule has 3 N–H and O–H groups in total. The molecule has 0 aliphatic heterocycles. The molecular formula is C11H14FNO3. The van der Waals surface area contributed by atoms with Crippen molar-refractivity contribution in [1.82, 2.24) is 0 Å². The molecule has 0 spiro atoms. The average molecular weight is 227 g/mol. The standard InChI is InChI=1S/C11H14FNO3/c1-3-6(2)16-10-4-7(11(14)15)9(13)5-8(10)12/h4-6H,3,13H2,1-2H3,(H,14,15). The van der Waals surface area contributed by atoms with Gasteiger partial charge in [0.15, 0.2) is 11.6 Å². The van der Waals surface area contributed by atoms with Crippen LogP contribution in [0.5, 0.6) is 5.75 Å². The van der Waals surface area contributed by atoms with E-state index >= 15 is 0 Å². The highest BCUT2D eigenvalue weighted by Crippen LogP contribution is 2.25. The van der Waals surface area contributed by atoms with Crippen LogP contribution in [0.25, 0.3) is 0 Å². The molecule has 0 saturated carbocycles. The van der Waals surface area contributed by atoms with E-state index in [1.54, 1.807) is 6.92 Å². The summed E-state index contributed by atoms with van der Waals surface area (Å²) in [7, 11) is 0. The zero-order valence-corrected chi connectivity index (χ0v) is 9.16. The van der Waals surface area contributed by atoms with Gasteiger partial charge in [-0.3, -0.25) is 0 Å². The highest BCUT2D eigenvalue weighted by molar-refractivity contribution is 5.94. The van der Waals surface area contributed by atoms with Crippen LogP contribution in [-0.4, -0.2) is 17.2 Å². The number of rotatable bonds is 4. The van der Waals surface area contributed by atoms with E-state index in [2.05, 4.69) is 0 Å². The average Bonchev–Trinajstić information content (AvgIpc) is 2.21. The third kappa shape index (κ3) is 2.62. The van der Waals surface area contributed by atoms with Crippen molar-refractivity contribution in [2.75, 3.05) is 5.73 Å². The van der Waals surface area contributed by atoms with Crippen molar-refractivity contribution < 1.29 is 19.0 Å². The molecular weight excluding hydrogens is 213 g/mol. The largest absolute Gasteiger partial charge is 0.488 e. The minimum atomic E-state index is -1.20. The van der Waals surface area contributed by atoms with Crippen molar-refractivity contribution in [3.8, 4) is 5.75 Å². The van der Waals surface area contributed by atoms with Crippen LogP contribution >= 0.6 is 0 Å². The van der Waals surface area contributed by atoms with Gasteiger partial charge in [0.2, 0.25) is 0 Å². The molecule has 5 heteroatoms. The summed E-state index contributed by atoms with van der Waals surface area (Å²) in [5.74, 6) is -1.93.